The number of carbonyl (C=O) groups is 1. The number of nitrogens with zero attached hydrogens (tertiary/aromatic N) is 1. The van der Waals surface area contributed by atoms with Crippen molar-refractivity contribution in [3.05, 3.63) is 58.1 Å². The van der Waals surface area contributed by atoms with Crippen molar-refractivity contribution in [2.45, 2.75) is 70.0 Å². The summed E-state index contributed by atoms with van der Waals surface area (Å²) in [5.41, 5.74) is 4.10. The number of rotatable bonds is 3. The fraction of sp³-hybridized carbons (Fsp3) is 0.552. The maximum Gasteiger partial charge on any atom is 0.263 e. The third-order valence-electron chi connectivity index (χ3n) is 8.28. The molecule has 5 unspecified atom stereocenters. The van der Waals surface area contributed by atoms with Crippen LogP contribution in [0.3, 0.4) is 0 Å². The molecule has 2 aromatic rings. The Morgan fingerprint density at radius 1 is 1.08 bits per heavy atom. The zero-order chi connectivity index (χ0) is 25.2. The molecule has 5 nitrogen and oxygen atoms in total. The molecule has 5 atom stereocenters. The highest BCUT2D eigenvalue weighted by atomic mass is 35.5. The van der Waals surface area contributed by atoms with Crippen molar-refractivity contribution in [1.82, 2.24) is 4.72 Å². The van der Waals surface area contributed by atoms with Gasteiger partial charge in [-0.1, -0.05) is 43.9 Å². The summed E-state index contributed by atoms with van der Waals surface area (Å²) in [6.07, 6.45) is 7.66. The minimum atomic E-state index is -1.39. The standard InChI is InChI=1S/C29H37ClN2O3S/c1-3-5-21-14-25(30)11-12-26(21)24-17-32-16-23-9-8-20(23)7-4-6-19(2)36(34)31-29(33)22-10-13-28(35-18-24)27(32)15-22/h10-15,19-20,23-24H,3-9,16-18H2,1-2H3,(H,31,33). The highest BCUT2D eigenvalue weighted by molar-refractivity contribution is 7.84. The first-order chi connectivity index (χ1) is 17.4. The number of halogens is 1. The first-order valence-electron chi connectivity index (χ1n) is 13.4. The Kier molecular flexibility index (Phi) is 7.92. The Balaban J connectivity index is 1.51. The molecule has 0 saturated heterocycles. The number of hydrogen-bond donors (Lipinski definition) is 1. The SMILES string of the molecule is CCCc1cc(Cl)ccc1C1COc2ccc3cc2N(C1)CC1CCC1CCCC(C)S(=O)NC3=O. The van der Waals surface area contributed by atoms with E-state index in [0.29, 0.717) is 24.0 Å². The van der Waals surface area contributed by atoms with Crippen molar-refractivity contribution >= 4 is 34.2 Å². The predicted molar refractivity (Wildman–Crippen MR) is 147 cm³/mol. The molecule has 2 aliphatic heterocycles. The van der Waals surface area contributed by atoms with Crippen molar-refractivity contribution in [1.29, 1.82) is 0 Å². The molecular weight excluding hydrogens is 492 g/mol. The Morgan fingerprint density at radius 2 is 1.92 bits per heavy atom. The first-order valence-corrected chi connectivity index (χ1v) is 15.0. The van der Waals surface area contributed by atoms with Crippen LogP contribution in [0.1, 0.15) is 79.8 Å². The number of ether oxygens (including phenoxy) is 1. The van der Waals surface area contributed by atoms with Gasteiger partial charge in [-0.2, -0.15) is 0 Å². The summed E-state index contributed by atoms with van der Waals surface area (Å²) in [6, 6.07) is 11.9. The largest absolute Gasteiger partial charge is 0.491 e. The van der Waals surface area contributed by atoms with Crippen LogP contribution in [0.15, 0.2) is 36.4 Å². The van der Waals surface area contributed by atoms with Crippen LogP contribution in [-0.2, 0) is 17.4 Å². The lowest BCUT2D eigenvalue weighted by atomic mass is 9.70. The number of nitrogens with one attached hydrogen (secondary N) is 1. The van der Waals surface area contributed by atoms with Gasteiger partial charge in [-0.3, -0.25) is 9.52 Å². The molecule has 3 aliphatic rings. The fourth-order valence-corrected chi connectivity index (χ4v) is 7.10. The summed E-state index contributed by atoms with van der Waals surface area (Å²) >= 11 is 6.36. The molecule has 1 amide bonds. The van der Waals surface area contributed by atoms with Gasteiger partial charge in [0.15, 0.2) is 0 Å². The van der Waals surface area contributed by atoms with Gasteiger partial charge in [0.25, 0.3) is 5.91 Å². The lowest BCUT2D eigenvalue weighted by Gasteiger charge is -2.41. The summed E-state index contributed by atoms with van der Waals surface area (Å²) in [6.45, 7) is 6.56. The number of hydrogen-bond acceptors (Lipinski definition) is 4. The zero-order valence-electron chi connectivity index (χ0n) is 21.3. The molecule has 0 aromatic heterocycles. The van der Waals surface area contributed by atoms with Crippen LogP contribution in [0, 0.1) is 11.8 Å². The summed E-state index contributed by atoms with van der Waals surface area (Å²) in [7, 11) is -1.39. The van der Waals surface area contributed by atoms with Gasteiger partial charge in [-0.05, 0) is 85.9 Å². The number of fused-ring (bicyclic) bond motifs is 2. The van der Waals surface area contributed by atoms with E-state index < -0.39 is 11.0 Å². The molecule has 36 heavy (non-hydrogen) atoms. The second kappa shape index (κ2) is 11.1. The second-order valence-corrected chi connectivity index (χ2v) is 12.8. The highest BCUT2D eigenvalue weighted by Crippen LogP contribution is 2.43. The molecule has 0 radical (unpaired) electrons. The topological polar surface area (TPSA) is 58.6 Å². The van der Waals surface area contributed by atoms with E-state index in [1.165, 1.54) is 30.4 Å². The monoisotopic (exact) mass is 528 g/mol. The first kappa shape index (κ1) is 25.6. The zero-order valence-corrected chi connectivity index (χ0v) is 22.9. The number of amides is 1. The van der Waals surface area contributed by atoms with Gasteiger partial charge in [0.1, 0.15) is 16.7 Å². The smallest absolute Gasteiger partial charge is 0.263 e. The molecule has 194 valence electrons. The molecule has 7 heteroatoms. The van der Waals surface area contributed by atoms with Gasteiger partial charge < -0.3 is 9.64 Å². The second-order valence-electron chi connectivity index (χ2n) is 10.8. The molecule has 2 aromatic carbocycles. The van der Waals surface area contributed by atoms with Gasteiger partial charge in [0.2, 0.25) is 0 Å². The average molecular weight is 529 g/mol. The molecule has 1 aliphatic carbocycles. The van der Waals surface area contributed by atoms with Crippen LogP contribution in [0.25, 0.3) is 0 Å². The molecule has 0 spiro atoms. The number of carbonyl (C=O) groups excluding carboxylic acids is 1. The number of benzene rings is 2. The van der Waals surface area contributed by atoms with Crippen LogP contribution in [0.4, 0.5) is 5.69 Å². The minimum absolute atomic E-state index is 0.0477. The summed E-state index contributed by atoms with van der Waals surface area (Å²) in [5, 5.41) is 0.728. The molecular formula is C29H37ClN2O3S. The van der Waals surface area contributed by atoms with E-state index in [9.17, 15) is 9.00 Å². The summed E-state index contributed by atoms with van der Waals surface area (Å²) in [5.74, 6) is 2.09. The van der Waals surface area contributed by atoms with E-state index in [4.69, 9.17) is 16.3 Å². The van der Waals surface area contributed by atoms with Crippen molar-refractivity contribution in [3.63, 3.8) is 0 Å². The van der Waals surface area contributed by atoms with E-state index in [1.807, 2.05) is 25.1 Å². The minimum Gasteiger partial charge on any atom is -0.491 e. The van der Waals surface area contributed by atoms with E-state index in [1.54, 1.807) is 6.07 Å². The normalized spacial score (nSPS) is 28.6. The third-order valence-corrected chi connectivity index (χ3v) is 9.87. The Morgan fingerprint density at radius 3 is 2.69 bits per heavy atom. The maximum atomic E-state index is 13.0. The molecule has 1 N–H and O–H groups in total. The molecule has 5 rings (SSSR count). The lowest BCUT2D eigenvalue weighted by molar-refractivity contribution is 0.0982. The fourth-order valence-electron chi connectivity index (χ4n) is 6.02. The van der Waals surface area contributed by atoms with Crippen LogP contribution >= 0.6 is 11.6 Å². The molecule has 2 heterocycles. The van der Waals surface area contributed by atoms with E-state index in [0.717, 1.165) is 55.2 Å². The van der Waals surface area contributed by atoms with E-state index in [2.05, 4.69) is 28.7 Å². The quantitative estimate of drug-likeness (QED) is 0.510. The van der Waals surface area contributed by atoms with E-state index in [-0.39, 0.29) is 17.1 Å². The van der Waals surface area contributed by atoms with Crippen LogP contribution in [0.5, 0.6) is 5.75 Å². The summed E-state index contributed by atoms with van der Waals surface area (Å²) in [4.78, 5) is 15.5. The van der Waals surface area contributed by atoms with Crippen LogP contribution in [-0.4, -0.2) is 35.1 Å². The van der Waals surface area contributed by atoms with Gasteiger partial charge in [-0.15, -0.1) is 0 Å². The van der Waals surface area contributed by atoms with Gasteiger partial charge in [-0.25, -0.2) is 4.21 Å². The van der Waals surface area contributed by atoms with Crippen molar-refractivity contribution in [2.75, 3.05) is 24.6 Å². The van der Waals surface area contributed by atoms with E-state index >= 15 is 0 Å². The Bertz CT molecular complexity index is 1140. The molecule has 2 bridgehead atoms. The molecule has 1 fully saturated rings. The number of aryl methyl sites for hydroxylation is 1. The van der Waals surface area contributed by atoms with Crippen LogP contribution in [0.2, 0.25) is 5.02 Å². The lowest BCUT2D eigenvalue weighted by Crippen LogP contribution is -2.40. The van der Waals surface area contributed by atoms with Crippen molar-refractivity contribution in [2.24, 2.45) is 11.8 Å². The average Bonchev–Trinajstić information content (AvgIpc) is 3.03. The summed E-state index contributed by atoms with van der Waals surface area (Å²) < 4.78 is 21.9. The predicted octanol–water partition coefficient (Wildman–Crippen LogP) is 6.27. The van der Waals surface area contributed by atoms with Gasteiger partial charge in [0, 0.05) is 29.6 Å². The van der Waals surface area contributed by atoms with Gasteiger partial charge in [0.05, 0.1) is 17.5 Å². The Hall–Kier alpha value is -2.05. The van der Waals surface area contributed by atoms with Gasteiger partial charge >= 0.3 is 0 Å². The maximum absolute atomic E-state index is 13.0. The highest BCUT2D eigenvalue weighted by Gasteiger charge is 2.35. The van der Waals surface area contributed by atoms with Crippen molar-refractivity contribution in [3.8, 4) is 5.75 Å². The molecule has 1 saturated carbocycles. The number of anilines is 1. The van der Waals surface area contributed by atoms with Crippen molar-refractivity contribution < 1.29 is 13.7 Å². The third kappa shape index (κ3) is 5.45. The van der Waals surface area contributed by atoms with Crippen LogP contribution < -0.4 is 14.4 Å². The Labute approximate surface area is 222 Å².